The van der Waals surface area contributed by atoms with Crippen LogP contribution >= 0.6 is 0 Å². The van der Waals surface area contributed by atoms with Crippen LogP contribution in [0.15, 0.2) is 34.9 Å². The van der Waals surface area contributed by atoms with Gasteiger partial charge in [-0.2, -0.15) is 15.8 Å². The number of nitriles is 3. The highest BCUT2D eigenvalue weighted by molar-refractivity contribution is 5.60. The second-order valence-corrected chi connectivity index (χ2v) is 4.06. The van der Waals surface area contributed by atoms with Crippen molar-refractivity contribution in [3.63, 3.8) is 0 Å². The Hall–Kier alpha value is -2.35. The van der Waals surface area contributed by atoms with Crippen molar-refractivity contribution < 1.29 is 5.11 Å². The second-order valence-electron chi connectivity index (χ2n) is 4.06. The van der Waals surface area contributed by atoms with Gasteiger partial charge in [0.1, 0.15) is 23.8 Å². The molecule has 0 aromatic rings. The van der Waals surface area contributed by atoms with Gasteiger partial charge < -0.3 is 5.11 Å². The van der Waals surface area contributed by atoms with Crippen molar-refractivity contribution in [3.8, 4) is 18.2 Å². The number of hydrogen-bond donors (Lipinski definition) is 1. The highest BCUT2D eigenvalue weighted by Gasteiger charge is 2.28. The fourth-order valence-electron chi connectivity index (χ4n) is 1.47. The summed E-state index contributed by atoms with van der Waals surface area (Å²) in [6, 6.07) is 5.24. The van der Waals surface area contributed by atoms with E-state index in [0.29, 0.717) is 5.57 Å². The van der Waals surface area contributed by atoms with Gasteiger partial charge in [-0.15, -0.1) is 0 Å². The van der Waals surface area contributed by atoms with Crippen LogP contribution in [-0.2, 0) is 0 Å². The van der Waals surface area contributed by atoms with E-state index in [1.807, 2.05) is 6.07 Å². The lowest BCUT2D eigenvalue weighted by Crippen LogP contribution is -2.31. The minimum absolute atomic E-state index is 0.0496. The van der Waals surface area contributed by atoms with Crippen LogP contribution in [0.25, 0.3) is 0 Å². The van der Waals surface area contributed by atoms with E-state index in [2.05, 4.69) is 0 Å². The quantitative estimate of drug-likeness (QED) is 0.688. The summed E-state index contributed by atoms with van der Waals surface area (Å²) in [7, 11) is 0. The van der Waals surface area contributed by atoms with E-state index in [1.54, 1.807) is 44.2 Å². The highest BCUT2D eigenvalue weighted by Crippen LogP contribution is 2.29. The monoisotopic (exact) mass is 225 g/mol. The SMILES string of the molecule is CC1C=C(C(C#N)=C(C#N)C#N)C=CC1(C)O. The molecule has 2 unspecified atom stereocenters. The fourth-order valence-corrected chi connectivity index (χ4v) is 1.47. The van der Waals surface area contributed by atoms with Gasteiger partial charge in [-0.25, -0.2) is 0 Å². The Bertz CT molecular complexity index is 529. The molecule has 1 aliphatic rings. The van der Waals surface area contributed by atoms with Gasteiger partial charge in [-0.1, -0.05) is 25.2 Å². The maximum absolute atomic E-state index is 9.91. The van der Waals surface area contributed by atoms with Crippen molar-refractivity contribution in [3.05, 3.63) is 34.9 Å². The third-order valence-electron chi connectivity index (χ3n) is 2.83. The maximum atomic E-state index is 9.91. The molecule has 0 aliphatic heterocycles. The number of aliphatic hydroxyl groups is 1. The number of nitrogens with zero attached hydrogens (tertiary/aromatic N) is 3. The summed E-state index contributed by atoms with van der Waals surface area (Å²) in [6.45, 7) is 3.46. The molecule has 0 heterocycles. The van der Waals surface area contributed by atoms with Crippen molar-refractivity contribution >= 4 is 0 Å². The lowest BCUT2D eigenvalue weighted by atomic mass is 9.82. The molecule has 0 fully saturated rings. The van der Waals surface area contributed by atoms with Gasteiger partial charge in [0.15, 0.2) is 0 Å². The Morgan fingerprint density at radius 1 is 1.29 bits per heavy atom. The molecule has 0 spiro atoms. The Morgan fingerprint density at radius 3 is 2.29 bits per heavy atom. The van der Waals surface area contributed by atoms with Crippen LogP contribution in [0.4, 0.5) is 0 Å². The number of rotatable bonds is 1. The third kappa shape index (κ3) is 2.42. The van der Waals surface area contributed by atoms with Crippen molar-refractivity contribution in [2.24, 2.45) is 5.92 Å². The zero-order valence-corrected chi connectivity index (χ0v) is 9.60. The lowest BCUT2D eigenvalue weighted by Gasteiger charge is -2.28. The van der Waals surface area contributed by atoms with Gasteiger partial charge in [0.05, 0.1) is 11.2 Å². The van der Waals surface area contributed by atoms with Gasteiger partial charge in [0, 0.05) is 5.92 Å². The van der Waals surface area contributed by atoms with E-state index in [-0.39, 0.29) is 17.1 Å². The van der Waals surface area contributed by atoms with Crippen molar-refractivity contribution in [2.45, 2.75) is 19.4 Å². The van der Waals surface area contributed by atoms with E-state index in [1.165, 1.54) is 0 Å². The zero-order chi connectivity index (χ0) is 13.1. The van der Waals surface area contributed by atoms with Crippen LogP contribution in [0.1, 0.15) is 13.8 Å². The first kappa shape index (κ1) is 12.7. The van der Waals surface area contributed by atoms with Crippen LogP contribution in [0.5, 0.6) is 0 Å². The first-order valence-corrected chi connectivity index (χ1v) is 5.04. The molecule has 1 rings (SSSR count). The van der Waals surface area contributed by atoms with E-state index in [4.69, 9.17) is 15.8 Å². The molecule has 0 amide bonds. The molecule has 4 heteroatoms. The van der Waals surface area contributed by atoms with Gasteiger partial charge in [-0.05, 0) is 12.5 Å². The fraction of sp³-hybridized carbons (Fsp3) is 0.308. The van der Waals surface area contributed by atoms with E-state index >= 15 is 0 Å². The van der Waals surface area contributed by atoms with Crippen LogP contribution in [0.2, 0.25) is 0 Å². The molecule has 4 nitrogen and oxygen atoms in total. The molecule has 0 bridgehead atoms. The van der Waals surface area contributed by atoms with Crippen molar-refractivity contribution in [1.29, 1.82) is 15.8 Å². The van der Waals surface area contributed by atoms with Crippen molar-refractivity contribution in [2.75, 3.05) is 0 Å². The summed E-state index contributed by atoms with van der Waals surface area (Å²) in [5.74, 6) is -0.190. The molecule has 1 N–H and O–H groups in total. The van der Waals surface area contributed by atoms with Gasteiger partial charge in [0.25, 0.3) is 0 Å². The standard InChI is InChI=1S/C13H11N3O/c1-9-5-10(3-4-13(9,2)17)12(8-16)11(6-14)7-15/h3-5,9,17H,1-2H3. The number of allylic oxidation sites excluding steroid dienone is 4. The largest absolute Gasteiger partial charge is 0.385 e. The normalized spacial score (nSPS) is 26.1. The average molecular weight is 225 g/mol. The molecule has 1 aliphatic carbocycles. The lowest BCUT2D eigenvalue weighted by molar-refractivity contribution is 0.0726. The first-order valence-electron chi connectivity index (χ1n) is 5.04. The van der Waals surface area contributed by atoms with Gasteiger partial charge >= 0.3 is 0 Å². The molecule has 0 radical (unpaired) electrons. The Labute approximate surface area is 100 Å². The Morgan fingerprint density at radius 2 is 1.88 bits per heavy atom. The first-order chi connectivity index (χ1) is 7.96. The third-order valence-corrected chi connectivity index (χ3v) is 2.83. The predicted molar refractivity (Wildman–Crippen MR) is 60.9 cm³/mol. The summed E-state index contributed by atoms with van der Waals surface area (Å²) in [5.41, 5.74) is -0.626. The summed E-state index contributed by atoms with van der Waals surface area (Å²) >= 11 is 0. The highest BCUT2D eigenvalue weighted by atomic mass is 16.3. The zero-order valence-electron chi connectivity index (χ0n) is 9.60. The molecular weight excluding hydrogens is 214 g/mol. The summed E-state index contributed by atoms with van der Waals surface area (Å²) < 4.78 is 0. The minimum Gasteiger partial charge on any atom is -0.385 e. The topological polar surface area (TPSA) is 91.6 Å². The Kier molecular flexibility index (Phi) is 3.49. The van der Waals surface area contributed by atoms with Crippen LogP contribution in [0, 0.1) is 39.9 Å². The predicted octanol–water partition coefficient (Wildman–Crippen LogP) is 1.74. The minimum atomic E-state index is -0.969. The van der Waals surface area contributed by atoms with Crippen LogP contribution in [0.3, 0.4) is 0 Å². The van der Waals surface area contributed by atoms with E-state index in [0.717, 1.165) is 0 Å². The van der Waals surface area contributed by atoms with Crippen LogP contribution < -0.4 is 0 Å². The van der Waals surface area contributed by atoms with E-state index in [9.17, 15) is 5.11 Å². The van der Waals surface area contributed by atoms with Gasteiger partial charge in [-0.3, -0.25) is 0 Å². The van der Waals surface area contributed by atoms with Crippen LogP contribution in [-0.4, -0.2) is 10.7 Å². The summed E-state index contributed by atoms with van der Waals surface area (Å²) in [6.07, 6.45) is 4.82. The van der Waals surface area contributed by atoms with Crippen molar-refractivity contribution in [1.82, 2.24) is 0 Å². The smallest absolute Gasteiger partial charge is 0.147 e. The number of hydrogen-bond acceptors (Lipinski definition) is 4. The molecule has 2 atom stereocenters. The molecule has 0 saturated carbocycles. The maximum Gasteiger partial charge on any atom is 0.147 e. The molecular formula is C13H11N3O. The molecule has 84 valence electrons. The molecule has 0 saturated heterocycles. The average Bonchev–Trinajstić information content (AvgIpc) is 2.30. The summed E-state index contributed by atoms with van der Waals surface area (Å²) in [4.78, 5) is 0. The molecule has 0 aromatic carbocycles. The van der Waals surface area contributed by atoms with E-state index < -0.39 is 5.60 Å². The second kappa shape index (κ2) is 4.66. The summed E-state index contributed by atoms with van der Waals surface area (Å²) in [5, 5.41) is 36.4. The Balaban J connectivity index is 3.28. The molecule has 0 aromatic heterocycles. The van der Waals surface area contributed by atoms with Gasteiger partial charge in [0.2, 0.25) is 0 Å². The molecule has 17 heavy (non-hydrogen) atoms.